The van der Waals surface area contributed by atoms with E-state index in [1.54, 1.807) is 0 Å². The van der Waals surface area contributed by atoms with E-state index >= 15 is 0 Å². The maximum absolute atomic E-state index is 7.08. The van der Waals surface area contributed by atoms with Crippen molar-refractivity contribution in [3.63, 3.8) is 0 Å². The molecule has 0 saturated heterocycles. The minimum Gasteiger partial charge on any atom is -0.326 e. The van der Waals surface area contributed by atoms with E-state index in [0.717, 1.165) is 39.3 Å². The van der Waals surface area contributed by atoms with Crippen molar-refractivity contribution in [1.29, 1.82) is 0 Å². The summed E-state index contributed by atoms with van der Waals surface area (Å²) in [6.45, 7) is 20.2. The fourth-order valence-electron chi connectivity index (χ4n) is 4.79. The van der Waals surface area contributed by atoms with E-state index in [1.165, 1.54) is 77.0 Å². The van der Waals surface area contributed by atoms with Gasteiger partial charge in [-0.2, -0.15) is 0 Å². The molecule has 0 atom stereocenters. The van der Waals surface area contributed by atoms with Crippen LogP contribution in [0, 0.1) is 0 Å². The van der Waals surface area contributed by atoms with Crippen molar-refractivity contribution in [2.75, 3.05) is 39.3 Å². The van der Waals surface area contributed by atoms with Crippen molar-refractivity contribution >= 4 is 16.2 Å². The van der Waals surface area contributed by atoms with Gasteiger partial charge in [0.05, 0.1) is 0 Å². The predicted molar refractivity (Wildman–Crippen MR) is 148 cm³/mol. The Kier molecular flexibility index (Phi) is 18.6. The van der Waals surface area contributed by atoms with E-state index in [4.69, 9.17) is 16.2 Å². The van der Waals surface area contributed by atoms with Crippen LogP contribution < -0.4 is 16.2 Å². The predicted octanol–water partition coefficient (Wildman–Crippen LogP) is 4.53. The second-order valence-corrected chi connectivity index (χ2v) is 19.3. The molecule has 0 aliphatic carbocycles. The molecule has 0 spiro atoms. The topological polar surface area (TPSA) is 87.8 Å². The summed E-state index contributed by atoms with van der Waals surface area (Å²) >= 11 is 0. The van der Waals surface area contributed by atoms with Crippen LogP contribution in [0.15, 0.2) is 0 Å². The number of rotatable bonds is 22. The van der Waals surface area contributed by atoms with Gasteiger partial charge in [-0.15, -0.1) is 0 Å². The molecule has 0 aliphatic rings. The van der Waals surface area contributed by atoms with Gasteiger partial charge in [0.25, 0.3) is 0 Å². The van der Waals surface area contributed by atoms with Crippen LogP contribution in [0.5, 0.6) is 0 Å². The molecule has 0 aliphatic heterocycles. The molecule has 0 unspecified atom stereocenters. The van der Waals surface area contributed by atoms with Crippen LogP contribution in [0.4, 0.5) is 0 Å². The molecule has 0 rings (SSSR count). The van der Waals surface area contributed by atoms with Crippen molar-refractivity contribution in [2.45, 2.75) is 119 Å². The molecule has 194 valence electrons. The van der Waals surface area contributed by atoms with Crippen LogP contribution in [0.2, 0.25) is 0 Å². The lowest BCUT2D eigenvalue weighted by molar-refractivity contribution is 0.237. The number of hydrogen-bond donors (Lipinski definition) is 3. The van der Waals surface area contributed by atoms with E-state index in [1.807, 2.05) is 0 Å². The van der Waals surface area contributed by atoms with Crippen molar-refractivity contribution in [3.05, 3.63) is 0 Å². The molecule has 32 heavy (non-hydrogen) atoms. The van der Waals surface area contributed by atoms with Gasteiger partial charge >= 0.3 is 16.2 Å². The highest BCUT2D eigenvalue weighted by Crippen LogP contribution is 2.27. The molecule has 0 amide bonds. The maximum Gasteiger partial charge on any atom is 0.326 e. The molecule has 0 aromatic heterocycles. The first-order valence-corrected chi connectivity index (χ1v) is 19.0. The Morgan fingerprint density at radius 2 is 0.594 bits per heavy atom. The van der Waals surface area contributed by atoms with E-state index in [0.29, 0.717) is 0 Å². The van der Waals surface area contributed by atoms with Crippen LogP contribution in [-0.2, 0) is 0 Å². The average Bonchev–Trinajstić information content (AvgIpc) is 2.76. The summed E-state index contributed by atoms with van der Waals surface area (Å²) in [6, 6.07) is 0. The number of nitrogens with zero attached hydrogens (tertiary/aromatic N) is 3. The lowest BCUT2D eigenvalue weighted by Crippen LogP contribution is -2.97. The summed E-state index contributed by atoms with van der Waals surface area (Å²) in [5.74, 6) is 0. The van der Waals surface area contributed by atoms with Gasteiger partial charge in [0.15, 0.2) is 0 Å². The standard InChI is InChI=1S/C24H60N6Si2/c1-7-13-19-28(20-14-8-2)32(31(25,26)27,29(21-15-9-3)22-16-10-4)30(23-17-11-5)24-18-12-6/h7-27H2,1-6H3. The Morgan fingerprint density at radius 3 is 0.719 bits per heavy atom. The largest absolute Gasteiger partial charge is 0.326 e. The van der Waals surface area contributed by atoms with Crippen LogP contribution in [0.25, 0.3) is 0 Å². The number of hydrogen-bond acceptors (Lipinski definition) is 6. The smallest absolute Gasteiger partial charge is 0.326 e. The molecule has 6 nitrogen and oxygen atoms in total. The molecule has 0 bridgehead atoms. The summed E-state index contributed by atoms with van der Waals surface area (Å²) in [5.41, 5.74) is 0. The third kappa shape index (κ3) is 9.82. The van der Waals surface area contributed by atoms with Crippen LogP contribution >= 0.6 is 0 Å². The highest BCUT2D eigenvalue weighted by atomic mass is 29.3. The van der Waals surface area contributed by atoms with Crippen LogP contribution in [0.1, 0.15) is 119 Å². The molecule has 8 heteroatoms. The Labute approximate surface area is 203 Å². The second-order valence-electron chi connectivity index (χ2n) is 9.65. The van der Waals surface area contributed by atoms with Gasteiger partial charge in [-0.3, -0.25) is 13.7 Å². The van der Waals surface area contributed by atoms with E-state index in [-0.39, 0.29) is 0 Å². The molecular weight excluding hydrogens is 428 g/mol. The van der Waals surface area contributed by atoms with E-state index in [9.17, 15) is 0 Å². The summed E-state index contributed by atoms with van der Waals surface area (Å²) in [5, 5.41) is 21.2. The van der Waals surface area contributed by atoms with Crippen LogP contribution in [0.3, 0.4) is 0 Å². The third-order valence-electron chi connectivity index (χ3n) is 6.59. The Balaban J connectivity index is 6.78. The van der Waals surface area contributed by atoms with E-state index in [2.05, 4.69) is 55.2 Å². The Hall–Kier alpha value is 0.194. The molecule has 0 heterocycles. The fourth-order valence-corrected chi connectivity index (χ4v) is 17.4. The lowest BCUT2D eigenvalue weighted by Gasteiger charge is -2.58. The molecule has 0 fully saturated rings. The zero-order chi connectivity index (χ0) is 24.5. The third-order valence-corrected chi connectivity index (χ3v) is 18.1. The number of nitrogens with two attached hydrogens (primary N) is 3. The SMILES string of the molecule is CCCCN(CCCC)[Si](N(CCCC)CCCC)(N(CCCC)CCCC)[Si](N)(N)N. The Morgan fingerprint density at radius 1 is 0.406 bits per heavy atom. The fraction of sp³-hybridized carbons (Fsp3) is 1.00. The second kappa shape index (κ2) is 18.5. The first-order chi connectivity index (χ1) is 15.3. The molecule has 0 aromatic carbocycles. The lowest BCUT2D eigenvalue weighted by atomic mass is 10.3. The molecule has 6 N–H and O–H groups in total. The molecular formula is C24H60N6Si2. The molecule has 0 saturated carbocycles. The summed E-state index contributed by atoms with van der Waals surface area (Å²) in [4.78, 5) is 0. The number of unbranched alkanes of at least 4 members (excludes halogenated alkanes) is 6. The highest BCUT2D eigenvalue weighted by Gasteiger charge is 2.62. The highest BCUT2D eigenvalue weighted by molar-refractivity contribution is 7.35. The van der Waals surface area contributed by atoms with Crippen molar-refractivity contribution in [3.8, 4) is 0 Å². The minimum absolute atomic E-state index is 1.08. The first kappa shape index (κ1) is 32.2. The summed E-state index contributed by atoms with van der Waals surface area (Å²) in [7, 11) is -5.65. The zero-order valence-electron chi connectivity index (χ0n) is 22.8. The van der Waals surface area contributed by atoms with Gasteiger partial charge in [-0.1, -0.05) is 80.1 Å². The van der Waals surface area contributed by atoms with Crippen LogP contribution in [-0.4, -0.2) is 69.1 Å². The Bertz CT molecular complexity index is 359. The quantitative estimate of drug-likeness (QED) is 0.194. The van der Waals surface area contributed by atoms with Gasteiger partial charge in [0, 0.05) is 0 Å². The van der Waals surface area contributed by atoms with Gasteiger partial charge in [0.2, 0.25) is 0 Å². The summed E-state index contributed by atoms with van der Waals surface area (Å²) < 4.78 is 8.34. The van der Waals surface area contributed by atoms with Gasteiger partial charge in [0.1, 0.15) is 0 Å². The first-order valence-electron chi connectivity index (χ1n) is 13.9. The summed E-state index contributed by atoms with van der Waals surface area (Å²) in [6.07, 6.45) is 14.3. The van der Waals surface area contributed by atoms with Gasteiger partial charge < -0.3 is 16.2 Å². The van der Waals surface area contributed by atoms with Gasteiger partial charge in [-0.05, 0) is 77.8 Å². The van der Waals surface area contributed by atoms with Crippen molar-refractivity contribution in [1.82, 2.24) is 13.7 Å². The maximum atomic E-state index is 7.08. The zero-order valence-corrected chi connectivity index (χ0v) is 24.8. The van der Waals surface area contributed by atoms with Gasteiger partial charge in [-0.25, -0.2) is 0 Å². The van der Waals surface area contributed by atoms with E-state index < -0.39 is 16.2 Å². The van der Waals surface area contributed by atoms with Crippen molar-refractivity contribution < 1.29 is 0 Å². The molecule has 0 aromatic rings. The minimum atomic E-state index is -3.01. The van der Waals surface area contributed by atoms with Crippen molar-refractivity contribution in [2.24, 2.45) is 16.2 Å². The molecule has 0 radical (unpaired) electrons. The normalized spacial score (nSPS) is 13.1. The monoisotopic (exact) mass is 488 g/mol. The average molecular weight is 489 g/mol.